The molecule has 0 bridgehead atoms. The number of ether oxygens (including phenoxy) is 1. The van der Waals surface area contributed by atoms with Crippen molar-refractivity contribution in [3.63, 3.8) is 0 Å². The standard InChI is InChI=1S/C14H17BrFNO2/c1-13(2,3)19-12(18)17-8-14(16,9-17)10-5-4-6-11(15)7-10/h4-7H,8-9H2,1-3H3. The minimum Gasteiger partial charge on any atom is -0.444 e. The summed E-state index contributed by atoms with van der Waals surface area (Å²) >= 11 is 3.32. The van der Waals surface area contributed by atoms with Gasteiger partial charge in [-0.05, 0) is 38.5 Å². The largest absolute Gasteiger partial charge is 0.444 e. The Morgan fingerprint density at radius 3 is 2.58 bits per heavy atom. The second-order valence-electron chi connectivity index (χ2n) is 5.81. The predicted molar refractivity (Wildman–Crippen MR) is 74.7 cm³/mol. The van der Waals surface area contributed by atoms with Gasteiger partial charge in [0.15, 0.2) is 5.67 Å². The molecule has 0 atom stereocenters. The van der Waals surface area contributed by atoms with Gasteiger partial charge in [-0.3, -0.25) is 0 Å². The van der Waals surface area contributed by atoms with Gasteiger partial charge in [-0.15, -0.1) is 0 Å². The Balaban J connectivity index is 2.00. The van der Waals surface area contributed by atoms with Gasteiger partial charge in [0.2, 0.25) is 0 Å². The van der Waals surface area contributed by atoms with Gasteiger partial charge in [0.05, 0.1) is 13.1 Å². The smallest absolute Gasteiger partial charge is 0.410 e. The molecule has 5 heteroatoms. The highest BCUT2D eigenvalue weighted by molar-refractivity contribution is 9.10. The number of hydrogen-bond donors (Lipinski definition) is 0. The predicted octanol–water partition coefficient (Wildman–Crippen LogP) is 3.86. The number of nitrogens with zero attached hydrogens (tertiary/aromatic N) is 1. The first kappa shape index (κ1) is 14.3. The maximum absolute atomic E-state index is 14.6. The number of carbonyl (C=O) groups is 1. The third-order valence-corrected chi connectivity index (χ3v) is 3.37. The van der Waals surface area contributed by atoms with Gasteiger partial charge in [-0.2, -0.15) is 0 Å². The Morgan fingerprint density at radius 2 is 2.05 bits per heavy atom. The molecule has 0 N–H and O–H groups in total. The van der Waals surface area contributed by atoms with Crippen LogP contribution in [0.15, 0.2) is 28.7 Å². The topological polar surface area (TPSA) is 29.5 Å². The van der Waals surface area contributed by atoms with Crippen LogP contribution in [0.5, 0.6) is 0 Å². The van der Waals surface area contributed by atoms with Crippen molar-refractivity contribution in [2.24, 2.45) is 0 Å². The molecule has 1 amide bonds. The summed E-state index contributed by atoms with van der Waals surface area (Å²) in [5.41, 5.74) is -1.44. The van der Waals surface area contributed by atoms with Crippen LogP contribution in [0.2, 0.25) is 0 Å². The molecule has 0 radical (unpaired) electrons. The van der Waals surface area contributed by atoms with Crippen LogP contribution in [0.25, 0.3) is 0 Å². The number of benzene rings is 1. The first-order valence-electron chi connectivity index (χ1n) is 6.12. The molecule has 0 spiro atoms. The Labute approximate surface area is 120 Å². The summed E-state index contributed by atoms with van der Waals surface area (Å²) in [6, 6.07) is 7.11. The molecule has 1 fully saturated rings. The van der Waals surface area contributed by atoms with Crippen LogP contribution in [-0.4, -0.2) is 29.7 Å². The summed E-state index contributed by atoms with van der Waals surface area (Å²) in [6.07, 6.45) is -0.462. The van der Waals surface area contributed by atoms with Crippen LogP contribution in [0.1, 0.15) is 26.3 Å². The van der Waals surface area contributed by atoms with E-state index in [4.69, 9.17) is 4.74 Å². The lowest BCUT2D eigenvalue weighted by molar-refractivity contribution is -0.0537. The van der Waals surface area contributed by atoms with Gasteiger partial charge in [0.1, 0.15) is 5.60 Å². The zero-order valence-corrected chi connectivity index (χ0v) is 12.8. The van der Waals surface area contributed by atoms with Crippen molar-refractivity contribution in [1.82, 2.24) is 4.90 Å². The number of amides is 1. The van der Waals surface area contributed by atoms with Crippen molar-refractivity contribution in [3.05, 3.63) is 34.3 Å². The molecule has 0 saturated carbocycles. The van der Waals surface area contributed by atoms with Crippen LogP contribution >= 0.6 is 15.9 Å². The molecule has 19 heavy (non-hydrogen) atoms. The number of halogens is 2. The normalized spacial score (nSPS) is 17.8. The molecule has 1 saturated heterocycles. The lowest BCUT2D eigenvalue weighted by Gasteiger charge is -2.44. The number of rotatable bonds is 1. The van der Waals surface area contributed by atoms with E-state index in [0.717, 1.165) is 4.47 Å². The van der Waals surface area contributed by atoms with Gasteiger partial charge >= 0.3 is 6.09 Å². The molecule has 1 aromatic rings. The molecule has 1 aliphatic heterocycles. The van der Waals surface area contributed by atoms with Gasteiger partial charge in [-0.1, -0.05) is 28.1 Å². The average Bonchev–Trinajstić information content (AvgIpc) is 2.22. The van der Waals surface area contributed by atoms with Crippen LogP contribution in [0.3, 0.4) is 0 Å². The van der Waals surface area contributed by atoms with E-state index in [0.29, 0.717) is 5.56 Å². The summed E-state index contributed by atoms with van der Waals surface area (Å²) in [5, 5.41) is 0. The Kier molecular flexibility index (Phi) is 3.60. The minimum atomic E-state index is -1.47. The Hall–Kier alpha value is -1.10. The molecular formula is C14H17BrFNO2. The highest BCUT2D eigenvalue weighted by Crippen LogP contribution is 2.37. The summed E-state index contributed by atoms with van der Waals surface area (Å²) in [6.45, 7) is 5.46. The van der Waals surface area contributed by atoms with Gasteiger partial charge in [-0.25, -0.2) is 9.18 Å². The first-order valence-corrected chi connectivity index (χ1v) is 6.92. The SMILES string of the molecule is CC(C)(C)OC(=O)N1CC(F)(c2cccc(Br)c2)C1. The molecule has 0 unspecified atom stereocenters. The highest BCUT2D eigenvalue weighted by atomic mass is 79.9. The molecule has 3 nitrogen and oxygen atoms in total. The van der Waals surface area contributed by atoms with Crippen molar-refractivity contribution in [2.45, 2.75) is 32.0 Å². The van der Waals surface area contributed by atoms with Crippen LogP contribution < -0.4 is 0 Å². The molecule has 0 aliphatic carbocycles. The fourth-order valence-electron chi connectivity index (χ4n) is 1.96. The van der Waals surface area contributed by atoms with Crippen LogP contribution in [0, 0.1) is 0 Å². The number of carbonyl (C=O) groups excluding carboxylic acids is 1. The van der Waals surface area contributed by atoms with Crippen molar-refractivity contribution in [3.8, 4) is 0 Å². The van der Waals surface area contributed by atoms with E-state index in [-0.39, 0.29) is 13.1 Å². The van der Waals surface area contributed by atoms with Crippen molar-refractivity contribution >= 4 is 22.0 Å². The van der Waals surface area contributed by atoms with Gasteiger partial charge in [0.25, 0.3) is 0 Å². The summed E-state index contributed by atoms with van der Waals surface area (Å²) in [4.78, 5) is 13.1. The van der Waals surface area contributed by atoms with Gasteiger partial charge < -0.3 is 9.64 Å². The highest BCUT2D eigenvalue weighted by Gasteiger charge is 2.48. The van der Waals surface area contributed by atoms with Crippen LogP contribution in [0.4, 0.5) is 9.18 Å². The summed E-state index contributed by atoms with van der Waals surface area (Å²) in [5.74, 6) is 0. The lowest BCUT2D eigenvalue weighted by Crippen LogP contribution is -2.59. The van der Waals surface area contributed by atoms with E-state index in [1.165, 1.54) is 4.90 Å². The molecule has 1 heterocycles. The second kappa shape index (κ2) is 4.78. The lowest BCUT2D eigenvalue weighted by atomic mass is 9.88. The fourth-order valence-corrected chi connectivity index (χ4v) is 2.36. The van der Waals surface area contributed by atoms with E-state index in [1.54, 1.807) is 39.0 Å². The van der Waals surface area contributed by atoms with E-state index >= 15 is 0 Å². The molecule has 104 valence electrons. The average molecular weight is 330 g/mol. The number of alkyl halides is 1. The van der Waals surface area contributed by atoms with Crippen molar-refractivity contribution in [2.75, 3.05) is 13.1 Å². The second-order valence-corrected chi connectivity index (χ2v) is 6.73. The molecule has 2 rings (SSSR count). The number of hydrogen-bond acceptors (Lipinski definition) is 2. The zero-order chi connectivity index (χ0) is 14.3. The molecule has 1 aromatic carbocycles. The Bertz CT molecular complexity index is 492. The molecule has 1 aliphatic rings. The number of likely N-dealkylation sites (tertiary alicyclic amines) is 1. The first-order chi connectivity index (χ1) is 8.70. The third kappa shape index (κ3) is 3.26. The van der Waals surface area contributed by atoms with Gasteiger partial charge in [0, 0.05) is 4.47 Å². The Morgan fingerprint density at radius 1 is 1.42 bits per heavy atom. The summed E-state index contributed by atoms with van der Waals surface area (Å²) in [7, 11) is 0. The zero-order valence-electron chi connectivity index (χ0n) is 11.2. The monoisotopic (exact) mass is 329 g/mol. The van der Waals surface area contributed by atoms with Crippen LogP contribution in [-0.2, 0) is 10.4 Å². The quantitative estimate of drug-likeness (QED) is 0.782. The maximum Gasteiger partial charge on any atom is 0.410 e. The maximum atomic E-state index is 14.6. The third-order valence-electron chi connectivity index (χ3n) is 2.88. The molecule has 0 aromatic heterocycles. The van der Waals surface area contributed by atoms with E-state index in [2.05, 4.69) is 15.9 Å². The molecular weight excluding hydrogens is 313 g/mol. The summed E-state index contributed by atoms with van der Waals surface area (Å²) < 4.78 is 20.6. The minimum absolute atomic E-state index is 0.0400. The fraction of sp³-hybridized carbons (Fsp3) is 0.500. The van der Waals surface area contributed by atoms with Crippen molar-refractivity contribution < 1.29 is 13.9 Å². The van der Waals surface area contributed by atoms with E-state index in [9.17, 15) is 9.18 Å². The van der Waals surface area contributed by atoms with Crippen molar-refractivity contribution in [1.29, 1.82) is 0 Å². The van der Waals surface area contributed by atoms with E-state index < -0.39 is 17.4 Å². The van der Waals surface area contributed by atoms with E-state index in [1.807, 2.05) is 6.07 Å².